The summed E-state index contributed by atoms with van der Waals surface area (Å²) in [6.07, 6.45) is 1.79. The van der Waals surface area contributed by atoms with Crippen molar-refractivity contribution in [3.8, 4) is 5.75 Å². The van der Waals surface area contributed by atoms with E-state index in [-0.39, 0.29) is 11.9 Å². The van der Waals surface area contributed by atoms with Gasteiger partial charge in [-0.3, -0.25) is 0 Å². The summed E-state index contributed by atoms with van der Waals surface area (Å²) < 4.78 is 13.8. The predicted octanol–water partition coefficient (Wildman–Crippen LogP) is 4.39. The van der Waals surface area contributed by atoms with E-state index in [1.54, 1.807) is 12.1 Å². The predicted molar refractivity (Wildman–Crippen MR) is 76.9 cm³/mol. The molecule has 3 rings (SSSR count). The number of fused-ring (bicyclic) bond motifs is 1. The zero-order chi connectivity index (χ0) is 13.4. The molecule has 1 atom stereocenters. The Labute approximate surface area is 119 Å². The van der Waals surface area contributed by atoms with Gasteiger partial charge >= 0.3 is 0 Å². The molecule has 0 aliphatic heterocycles. The third kappa shape index (κ3) is 2.32. The van der Waals surface area contributed by atoms with Crippen molar-refractivity contribution in [1.29, 1.82) is 0 Å². The molecule has 19 heavy (non-hydrogen) atoms. The lowest BCUT2D eigenvalue weighted by Gasteiger charge is -2.17. The van der Waals surface area contributed by atoms with Gasteiger partial charge in [-0.25, -0.2) is 4.39 Å². The average Bonchev–Trinajstić information content (AvgIpc) is 2.78. The standard InChI is InChI=1S/C15H13BrFNO/c16-12-8-9(17)4-6-14(12)18-13-7-5-11-10(13)2-1-3-15(11)19/h1-4,6,8,13,18-19H,5,7H2. The van der Waals surface area contributed by atoms with E-state index in [9.17, 15) is 9.50 Å². The van der Waals surface area contributed by atoms with Crippen molar-refractivity contribution in [2.75, 3.05) is 5.32 Å². The third-order valence-corrected chi connectivity index (χ3v) is 4.16. The number of rotatable bonds is 2. The molecule has 2 aromatic rings. The summed E-state index contributed by atoms with van der Waals surface area (Å²) >= 11 is 3.36. The second kappa shape index (κ2) is 4.85. The van der Waals surface area contributed by atoms with Crippen molar-refractivity contribution >= 4 is 21.6 Å². The van der Waals surface area contributed by atoms with Gasteiger partial charge in [0.05, 0.1) is 6.04 Å². The van der Waals surface area contributed by atoms with Crippen LogP contribution >= 0.6 is 15.9 Å². The van der Waals surface area contributed by atoms with E-state index in [2.05, 4.69) is 21.2 Å². The van der Waals surface area contributed by atoms with Gasteiger partial charge in [0.1, 0.15) is 11.6 Å². The quantitative estimate of drug-likeness (QED) is 0.859. The van der Waals surface area contributed by atoms with Crippen molar-refractivity contribution < 1.29 is 9.50 Å². The Balaban J connectivity index is 1.89. The monoisotopic (exact) mass is 321 g/mol. The number of benzene rings is 2. The molecule has 98 valence electrons. The number of phenolic OH excluding ortho intramolecular Hbond substituents is 1. The van der Waals surface area contributed by atoms with E-state index in [4.69, 9.17) is 0 Å². The van der Waals surface area contributed by atoms with E-state index >= 15 is 0 Å². The van der Waals surface area contributed by atoms with Gasteiger partial charge in [0, 0.05) is 10.2 Å². The summed E-state index contributed by atoms with van der Waals surface area (Å²) in [5.41, 5.74) is 3.00. The molecule has 0 spiro atoms. The molecule has 0 saturated carbocycles. The Morgan fingerprint density at radius 1 is 1.26 bits per heavy atom. The fourth-order valence-corrected chi connectivity index (χ4v) is 3.04. The normalized spacial score (nSPS) is 17.3. The Hall–Kier alpha value is -1.55. The van der Waals surface area contributed by atoms with Gasteiger partial charge in [-0.2, -0.15) is 0 Å². The maximum atomic E-state index is 13.1. The number of aromatic hydroxyl groups is 1. The minimum atomic E-state index is -0.262. The summed E-state index contributed by atoms with van der Waals surface area (Å²) in [6.45, 7) is 0. The highest BCUT2D eigenvalue weighted by Crippen LogP contribution is 2.39. The lowest BCUT2D eigenvalue weighted by molar-refractivity contribution is 0.469. The largest absolute Gasteiger partial charge is 0.508 e. The van der Waals surface area contributed by atoms with Crippen LogP contribution in [0.15, 0.2) is 40.9 Å². The van der Waals surface area contributed by atoms with Gasteiger partial charge < -0.3 is 10.4 Å². The van der Waals surface area contributed by atoms with E-state index in [1.807, 2.05) is 12.1 Å². The van der Waals surface area contributed by atoms with Crippen LogP contribution in [0.3, 0.4) is 0 Å². The second-order valence-corrected chi connectivity index (χ2v) is 5.56. The summed E-state index contributed by atoms with van der Waals surface area (Å²) in [5.74, 6) is 0.0989. The van der Waals surface area contributed by atoms with Crippen LogP contribution in [0.1, 0.15) is 23.6 Å². The summed E-state index contributed by atoms with van der Waals surface area (Å²) in [7, 11) is 0. The van der Waals surface area contributed by atoms with Gasteiger partial charge in [0.25, 0.3) is 0 Å². The van der Waals surface area contributed by atoms with Crippen molar-refractivity contribution in [1.82, 2.24) is 0 Å². The number of anilines is 1. The summed E-state index contributed by atoms with van der Waals surface area (Å²) in [6, 6.07) is 10.4. The number of hydrogen-bond acceptors (Lipinski definition) is 2. The van der Waals surface area contributed by atoms with Crippen LogP contribution in [0.4, 0.5) is 10.1 Å². The summed E-state index contributed by atoms with van der Waals surface area (Å²) in [4.78, 5) is 0. The molecule has 2 aromatic carbocycles. The maximum absolute atomic E-state index is 13.1. The first-order valence-corrected chi connectivity index (χ1v) is 6.97. The molecule has 4 heteroatoms. The molecule has 1 aliphatic carbocycles. The molecule has 0 saturated heterocycles. The van der Waals surface area contributed by atoms with Crippen molar-refractivity contribution in [3.63, 3.8) is 0 Å². The van der Waals surface area contributed by atoms with Gasteiger partial charge in [0.15, 0.2) is 0 Å². The minimum Gasteiger partial charge on any atom is -0.508 e. The Kier molecular flexibility index (Phi) is 3.19. The maximum Gasteiger partial charge on any atom is 0.124 e. The first-order chi connectivity index (χ1) is 9.15. The van der Waals surface area contributed by atoms with Gasteiger partial charge in [0.2, 0.25) is 0 Å². The van der Waals surface area contributed by atoms with Crippen LogP contribution in [0.25, 0.3) is 0 Å². The SMILES string of the molecule is Oc1cccc2c1CCC2Nc1ccc(F)cc1Br. The lowest BCUT2D eigenvalue weighted by atomic mass is 10.1. The molecule has 0 aromatic heterocycles. The second-order valence-electron chi connectivity index (χ2n) is 4.70. The molecular weight excluding hydrogens is 309 g/mol. The van der Waals surface area contributed by atoms with Crippen LogP contribution < -0.4 is 5.32 Å². The van der Waals surface area contributed by atoms with Gasteiger partial charge in [-0.15, -0.1) is 0 Å². The number of hydrogen-bond donors (Lipinski definition) is 2. The number of nitrogens with one attached hydrogen (secondary N) is 1. The highest BCUT2D eigenvalue weighted by molar-refractivity contribution is 9.10. The first kappa shape index (κ1) is 12.5. The first-order valence-electron chi connectivity index (χ1n) is 6.17. The zero-order valence-corrected chi connectivity index (χ0v) is 11.7. The van der Waals surface area contributed by atoms with E-state index < -0.39 is 0 Å². The van der Waals surface area contributed by atoms with Crippen LogP contribution in [0.2, 0.25) is 0 Å². The smallest absolute Gasteiger partial charge is 0.124 e. The van der Waals surface area contributed by atoms with E-state index in [0.717, 1.165) is 29.7 Å². The fourth-order valence-electron chi connectivity index (χ4n) is 2.58. The average molecular weight is 322 g/mol. The van der Waals surface area contributed by atoms with E-state index in [1.165, 1.54) is 12.1 Å². The minimum absolute atomic E-state index is 0.156. The molecule has 0 radical (unpaired) electrons. The summed E-state index contributed by atoms with van der Waals surface area (Å²) in [5, 5.41) is 13.2. The van der Waals surface area contributed by atoms with Gasteiger partial charge in [-0.05, 0) is 64.2 Å². The fraction of sp³-hybridized carbons (Fsp3) is 0.200. The highest BCUT2D eigenvalue weighted by atomic mass is 79.9. The Bertz CT molecular complexity index is 630. The van der Waals surface area contributed by atoms with Crippen LogP contribution in [-0.2, 0) is 6.42 Å². The number of halogens is 2. The third-order valence-electron chi connectivity index (χ3n) is 3.51. The van der Waals surface area contributed by atoms with Crippen LogP contribution in [-0.4, -0.2) is 5.11 Å². The van der Waals surface area contributed by atoms with Crippen molar-refractivity contribution in [3.05, 3.63) is 57.8 Å². The molecular formula is C15H13BrFNO. The Morgan fingerprint density at radius 3 is 2.89 bits per heavy atom. The van der Waals surface area contributed by atoms with E-state index in [0.29, 0.717) is 10.2 Å². The highest BCUT2D eigenvalue weighted by Gasteiger charge is 2.24. The zero-order valence-electron chi connectivity index (χ0n) is 10.2. The van der Waals surface area contributed by atoms with Gasteiger partial charge in [-0.1, -0.05) is 12.1 Å². The molecule has 2 N–H and O–H groups in total. The van der Waals surface area contributed by atoms with Crippen molar-refractivity contribution in [2.45, 2.75) is 18.9 Å². The Morgan fingerprint density at radius 2 is 2.11 bits per heavy atom. The number of phenols is 1. The molecule has 0 heterocycles. The molecule has 0 fully saturated rings. The van der Waals surface area contributed by atoms with Crippen LogP contribution in [0.5, 0.6) is 5.75 Å². The molecule has 1 unspecified atom stereocenters. The molecule has 2 nitrogen and oxygen atoms in total. The molecule has 0 bridgehead atoms. The topological polar surface area (TPSA) is 32.3 Å². The molecule has 1 aliphatic rings. The van der Waals surface area contributed by atoms with Crippen LogP contribution in [0, 0.1) is 5.82 Å². The lowest BCUT2D eigenvalue weighted by Crippen LogP contribution is -2.07. The molecule has 0 amide bonds. The van der Waals surface area contributed by atoms with Crippen molar-refractivity contribution in [2.24, 2.45) is 0 Å².